The first kappa shape index (κ1) is 12.7. The van der Waals surface area contributed by atoms with Crippen LogP contribution in [0.15, 0.2) is 24.3 Å². The van der Waals surface area contributed by atoms with Gasteiger partial charge in [-0.15, -0.1) is 23.4 Å². The standard InChI is InChI=1S/C10H7ClF3N3O/c1-6-15-16-9(11)17(6)7-4-2-3-5-8(7)18-10(12,13)14/h2-5H,1H3. The molecule has 2 rings (SSSR count). The van der Waals surface area contributed by atoms with Gasteiger partial charge in [-0.2, -0.15) is 0 Å². The average molecular weight is 278 g/mol. The molecule has 0 saturated carbocycles. The molecule has 1 aromatic carbocycles. The van der Waals surface area contributed by atoms with Crippen LogP contribution in [0.2, 0.25) is 5.28 Å². The Labute approximate surface area is 105 Å². The summed E-state index contributed by atoms with van der Waals surface area (Å²) in [6.45, 7) is 1.57. The van der Waals surface area contributed by atoms with E-state index in [-0.39, 0.29) is 16.7 Å². The largest absolute Gasteiger partial charge is 0.573 e. The van der Waals surface area contributed by atoms with Crippen molar-refractivity contribution in [2.24, 2.45) is 0 Å². The quantitative estimate of drug-likeness (QED) is 0.847. The van der Waals surface area contributed by atoms with E-state index in [2.05, 4.69) is 14.9 Å². The van der Waals surface area contributed by atoms with E-state index in [4.69, 9.17) is 11.6 Å². The first-order valence-electron chi connectivity index (χ1n) is 4.81. The van der Waals surface area contributed by atoms with Crippen LogP contribution in [0.25, 0.3) is 5.69 Å². The van der Waals surface area contributed by atoms with E-state index in [0.29, 0.717) is 5.82 Å². The van der Waals surface area contributed by atoms with Gasteiger partial charge >= 0.3 is 6.36 Å². The molecule has 0 bridgehead atoms. The summed E-state index contributed by atoms with van der Waals surface area (Å²) in [6, 6.07) is 5.62. The lowest BCUT2D eigenvalue weighted by Gasteiger charge is -2.14. The molecule has 96 valence electrons. The molecule has 8 heteroatoms. The topological polar surface area (TPSA) is 39.9 Å². The Morgan fingerprint density at radius 1 is 1.22 bits per heavy atom. The Morgan fingerprint density at radius 2 is 1.89 bits per heavy atom. The Hall–Kier alpha value is -1.76. The van der Waals surface area contributed by atoms with Gasteiger partial charge in [0.2, 0.25) is 5.28 Å². The Bertz CT molecular complexity index is 548. The number of hydrogen-bond donors (Lipinski definition) is 0. The highest BCUT2D eigenvalue weighted by molar-refractivity contribution is 6.28. The van der Waals surface area contributed by atoms with Gasteiger partial charge in [-0.05, 0) is 30.7 Å². The number of halogens is 4. The lowest BCUT2D eigenvalue weighted by molar-refractivity contribution is -0.274. The van der Waals surface area contributed by atoms with Crippen LogP contribution in [0.4, 0.5) is 13.2 Å². The van der Waals surface area contributed by atoms with Crippen LogP contribution in [0, 0.1) is 6.92 Å². The molecule has 2 aromatic rings. The summed E-state index contributed by atoms with van der Waals surface area (Å²) in [5.74, 6) is -0.00646. The van der Waals surface area contributed by atoms with E-state index in [0.717, 1.165) is 0 Å². The van der Waals surface area contributed by atoms with Crippen molar-refractivity contribution in [3.63, 3.8) is 0 Å². The highest BCUT2D eigenvalue weighted by Gasteiger charge is 2.32. The predicted octanol–water partition coefficient (Wildman–Crippen LogP) is 3.13. The molecule has 0 spiro atoms. The van der Waals surface area contributed by atoms with Crippen LogP contribution < -0.4 is 4.74 Å². The maximum Gasteiger partial charge on any atom is 0.573 e. The zero-order valence-electron chi connectivity index (χ0n) is 9.07. The van der Waals surface area contributed by atoms with Crippen molar-refractivity contribution in [2.75, 3.05) is 0 Å². The van der Waals surface area contributed by atoms with Crippen molar-refractivity contribution in [3.05, 3.63) is 35.4 Å². The van der Waals surface area contributed by atoms with E-state index in [1.165, 1.54) is 22.8 Å². The smallest absolute Gasteiger partial charge is 0.404 e. The Balaban J connectivity index is 2.52. The number of aryl methyl sites for hydroxylation is 1. The van der Waals surface area contributed by atoms with Gasteiger partial charge in [0.05, 0.1) is 5.69 Å². The maximum absolute atomic E-state index is 12.3. The predicted molar refractivity (Wildman–Crippen MR) is 57.8 cm³/mol. The molecule has 0 aliphatic carbocycles. The molecule has 0 amide bonds. The van der Waals surface area contributed by atoms with Crippen molar-refractivity contribution in [3.8, 4) is 11.4 Å². The van der Waals surface area contributed by atoms with E-state index in [1.807, 2.05) is 0 Å². The van der Waals surface area contributed by atoms with Gasteiger partial charge < -0.3 is 4.74 Å². The second-order valence-corrected chi connectivity index (χ2v) is 3.71. The molecule has 4 nitrogen and oxygen atoms in total. The summed E-state index contributed by atoms with van der Waals surface area (Å²) in [5.41, 5.74) is 0.127. The fraction of sp³-hybridized carbons (Fsp3) is 0.200. The third-order valence-electron chi connectivity index (χ3n) is 2.12. The zero-order chi connectivity index (χ0) is 13.3. The van der Waals surface area contributed by atoms with Gasteiger partial charge in [0, 0.05) is 0 Å². The van der Waals surface area contributed by atoms with Crippen LogP contribution in [0.5, 0.6) is 5.75 Å². The first-order chi connectivity index (χ1) is 8.38. The highest BCUT2D eigenvalue weighted by Crippen LogP contribution is 2.30. The molecule has 0 unspecified atom stereocenters. The number of aromatic nitrogens is 3. The van der Waals surface area contributed by atoms with Gasteiger partial charge in [0.25, 0.3) is 0 Å². The molecule has 0 N–H and O–H groups in total. The molecule has 0 atom stereocenters. The molecule has 1 aromatic heterocycles. The van der Waals surface area contributed by atoms with Crippen LogP contribution in [-0.2, 0) is 0 Å². The number of hydrogen-bond acceptors (Lipinski definition) is 3. The van der Waals surface area contributed by atoms with E-state index >= 15 is 0 Å². The number of alkyl halides is 3. The molecule has 0 saturated heterocycles. The summed E-state index contributed by atoms with van der Waals surface area (Å²) in [4.78, 5) is 0. The summed E-state index contributed by atoms with van der Waals surface area (Å²) in [5, 5.41) is 7.21. The van der Waals surface area contributed by atoms with Crippen molar-refractivity contribution in [1.82, 2.24) is 14.8 Å². The van der Waals surface area contributed by atoms with Crippen molar-refractivity contribution in [1.29, 1.82) is 0 Å². The molecule has 0 fully saturated rings. The van der Waals surface area contributed by atoms with Crippen molar-refractivity contribution in [2.45, 2.75) is 13.3 Å². The first-order valence-corrected chi connectivity index (χ1v) is 5.19. The van der Waals surface area contributed by atoms with Gasteiger partial charge in [0.1, 0.15) is 5.82 Å². The number of rotatable bonds is 2. The summed E-state index contributed by atoms with van der Waals surface area (Å²) in [6.07, 6.45) is -4.77. The number of benzene rings is 1. The summed E-state index contributed by atoms with van der Waals surface area (Å²) in [7, 11) is 0. The zero-order valence-corrected chi connectivity index (χ0v) is 9.83. The third-order valence-corrected chi connectivity index (χ3v) is 2.36. The van der Waals surface area contributed by atoms with Gasteiger partial charge in [-0.3, -0.25) is 4.57 Å². The second-order valence-electron chi connectivity index (χ2n) is 3.37. The summed E-state index contributed by atoms with van der Waals surface area (Å²) < 4.78 is 42.0. The normalized spacial score (nSPS) is 11.6. The number of para-hydroxylation sites is 2. The lowest BCUT2D eigenvalue weighted by atomic mass is 10.3. The van der Waals surface area contributed by atoms with Crippen LogP contribution >= 0.6 is 11.6 Å². The minimum absolute atomic E-state index is 0.0364. The van der Waals surface area contributed by atoms with Crippen LogP contribution in [0.3, 0.4) is 0 Å². The molecule has 0 aliphatic heterocycles. The number of nitrogens with zero attached hydrogens (tertiary/aromatic N) is 3. The number of ether oxygens (including phenoxy) is 1. The molecular formula is C10H7ClF3N3O. The SMILES string of the molecule is Cc1nnc(Cl)n1-c1ccccc1OC(F)(F)F. The van der Waals surface area contributed by atoms with Gasteiger partial charge in [-0.1, -0.05) is 12.1 Å². The summed E-state index contributed by atoms with van der Waals surface area (Å²) >= 11 is 5.78. The molecular weight excluding hydrogens is 271 g/mol. The fourth-order valence-electron chi connectivity index (χ4n) is 1.46. The van der Waals surface area contributed by atoms with E-state index in [1.54, 1.807) is 13.0 Å². The van der Waals surface area contributed by atoms with Gasteiger partial charge in [-0.25, -0.2) is 0 Å². The van der Waals surface area contributed by atoms with Crippen LogP contribution in [0.1, 0.15) is 5.82 Å². The molecule has 0 aliphatic rings. The van der Waals surface area contributed by atoms with Crippen LogP contribution in [-0.4, -0.2) is 21.1 Å². The minimum atomic E-state index is -4.77. The lowest BCUT2D eigenvalue weighted by Crippen LogP contribution is -2.18. The molecule has 1 heterocycles. The van der Waals surface area contributed by atoms with E-state index in [9.17, 15) is 13.2 Å². The molecule has 18 heavy (non-hydrogen) atoms. The van der Waals surface area contributed by atoms with Crippen molar-refractivity contribution < 1.29 is 17.9 Å². The van der Waals surface area contributed by atoms with Gasteiger partial charge in [0.15, 0.2) is 5.75 Å². The monoisotopic (exact) mass is 277 g/mol. The minimum Gasteiger partial charge on any atom is -0.404 e. The third kappa shape index (κ3) is 2.56. The second kappa shape index (κ2) is 4.49. The molecule has 0 radical (unpaired) electrons. The van der Waals surface area contributed by atoms with Crippen molar-refractivity contribution >= 4 is 11.6 Å². The average Bonchev–Trinajstić information content (AvgIpc) is 2.58. The highest BCUT2D eigenvalue weighted by atomic mass is 35.5. The van der Waals surface area contributed by atoms with E-state index < -0.39 is 6.36 Å². The maximum atomic E-state index is 12.3. The Morgan fingerprint density at radius 3 is 2.44 bits per heavy atom. The fourth-order valence-corrected chi connectivity index (χ4v) is 1.71. The Kier molecular flexibility index (Phi) is 3.16.